The fourth-order valence-electron chi connectivity index (χ4n) is 6.75. The smallest absolute Gasteiger partial charge is 0.387 e. The first kappa shape index (κ1) is 75.7. The lowest BCUT2D eigenvalue weighted by molar-refractivity contribution is -0.301. The van der Waals surface area contributed by atoms with Crippen LogP contribution in [0.4, 0.5) is 0 Å². The van der Waals surface area contributed by atoms with Gasteiger partial charge in [-0.25, -0.2) is 9.13 Å². The number of rotatable bonds is 51. The third kappa shape index (κ3) is 36.5. The van der Waals surface area contributed by atoms with E-state index < -0.39 is 126 Å². The molecule has 38 heteroatoms. The van der Waals surface area contributed by atoms with Crippen molar-refractivity contribution in [2.45, 2.75) is 74.3 Å². The number of aliphatic hydroxyl groups is 6. The molecule has 0 aromatic carbocycles. The number of hydrogen-bond acceptors (Lipinski definition) is 28. The number of aliphatic hydroxyl groups excluding tert-OH is 6. The summed E-state index contributed by atoms with van der Waals surface area (Å²) < 4.78 is 106. The SMILES string of the molecule is [B]C(=O)CCOCCOCCOCCOCCNC(=O)CC(C(=O)NCCOCCOCCOCCOC1OC(COP(=O)(O)O)C(O)C(O)C1O)C(=O)NCCOCCOCCOCCOC1OC(COP(=O)(O)O)C(O)C(O)C1O. The number of nitrogens with one attached hydrogen (secondary N) is 3. The Morgan fingerprint density at radius 1 is 0.415 bits per heavy atom. The summed E-state index contributed by atoms with van der Waals surface area (Å²) in [5.74, 6) is -3.51. The van der Waals surface area contributed by atoms with Gasteiger partial charge in [0.25, 0.3) is 0 Å². The lowest BCUT2D eigenvalue weighted by Crippen LogP contribution is -2.59. The molecule has 478 valence electrons. The van der Waals surface area contributed by atoms with Crippen LogP contribution in [-0.4, -0.2) is 321 Å². The summed E-state index contributed by atoms with van der Waals surface area (Å²) in [6.45, 7) is 1.34. The Kier molecular flexibility index (Phi) is 41.5. The Labute approximate surface area is 474 Å². The molecule has 2 aliphatic heterocycles. The highest BCUT2D eigenvalue weighted by Gasteiger charge is 2.46. The molecule has 0 bridgehead atoms. The van der Waals surface area contributed by atoms with E-state index in [1.165, 1.54) is 0 Å². The first-order chi connectivity index (χ1) is 39.1. The molecule has 35 nitrogen and oxygen atoms in total. The molecule has 82 heavy (non-hydrogen) atoms. The molecule has 2 rings (SSSR count). The number of hydrogen-bond donors (Lipinski definition) is 13. The fourth-order valence-corrected chi connectivity index (χ4v) is 7.44. The number of amides is 3. The molecular weight excluding hydrogens is 1160 g/mol. The van der Waals surface area contributed by atoms with Gasteiger partial charge < -0.3 is 137 Å². The van der Waals surface area contributed by atoms with Gasteiger partial charge in [0.15, 0.2) is 20.4 Å². The highest BCUT2D eigenvalue weighted by atomic mass is 31.2. The van der Waals surface area contributed by atoms with Crippen LogP contribution in [0.1, 0.15) is 12.8 Å². The van der Waals surface area contributed by atoms with E-state index >= 15 is 0 Å². The van der Waals surface area contributed by atoms with Crippen LogP contribution < -0.4 is 16.0 Å². The quantitative estimate of drug-likeness (QED) is 0.0116. The molecule has 2 fully saturated rings. The summed E-state index contributed by atoms with van der Waals surface area (Å²) in [4.78, 5) is 85.5. The van der Waals surface area contributed by atoms with Gasteiger partial charge in [-0.2, -0.15) is 0 Å². The summed E-state index contributed by atoms with van der Waals surface area (Å²) in [6.07, 6.45) is -16.3. The van der Waals surface area contributed by atoms with Crippen molar-refractivity contribution in [1.29, 1.82) is 0 Å². The van der Waals surface area contributed by atoms with Gasteiger partial charge in [-0.15, -0.1) is 0 Å². The first-order valence-electron chi connectivity index (χ1n) is 26.0. The maximum Gasteiger partial charge on any atom is 0.469 e. The van der Waals surface area contributed by atoms with Crippen LogP contribution in [0.25, 0.3) is 0 Å². The Bertz CT molecular complexity index is 1720. The van der Waals surface area contributed by atoms with E-state index in [0.717, 1.165) is 0 Å². The van der Waals surface area contributed by atoms with Crippen molar-refractivity contribution in [1.82, 2.24) is 16.0 Å². The second kappa shape index (κ2) is 44.9. The molecule has 2 aliphatic rings. The Hall–Kier alpha value is -2.44. The summed E-state index contributed by atoms with van der Waals surface area (Å²) >= 11 is 0. The summed E-state index contributed by atoms with van der Waals surface area (Å²) in [5.41, 5.74) is -0.450. The molecule has 0 aromatic heterocycles. The van der Waals surface area contributed by atoms with Gasteiger partial charge in [-0.1, -0.05) is 0 Å². The maximum absolute atomic E-state index is 13.2. The van der Waals surface area contributed by atoms with E-state index in [1.54, 1.807) is 0 Å². The van der Waals surface area contributed by atoms with Crippen LogP contribution in [0.5, 0.6) is 0 Å². The zero-order valence-electron chi connectivity index (χ0n) is 45.3. The summed E-state index contributed by atoms with van der Waals surface area (Å²) in [6, 6.07) is 0. The van der Waals surface area contributed by atoms with E-state index in [4.69, 9.17) is 93.7 Å². The van der Waals surface area contributed by atoms with Crippen LogP contribution in [0.2, 0.25) is 0 Å². The Balaban J connectivity index is 1.65. The van der Waals surface area contributed by atoms with Crippen LogP contribution in [0, 0.1) is 5.92 Å². The molecule has 0 aliphatic carbocycles. The molecule has 3 amide bonds. The molecule has 2 heterocycles. The number of phosphoric acid groups is 2. The Morgan fingerprint density at radius 2 is 0.707 bits per heavy atom. The standard InChI is InChI=1S/C44H82BN3O32P2/c45-33(49)1-5-65-9-13-69-17-18-70-14-10-66-6-2-46-34(50)27-30(41(57)47-3-7-67-11-15-71-19-21-73-23-25-75-43-39(55)37(53)35(51)31(79-43)28-77-81(59,60)61)42(58)48-4-8-68-12-16-72-20-22-74-24-26-76-44-40(56)38(54)36(52)32(80-44)29-78-82(62,63)64/h30-32,35-40,43-44,51-56H,1-29H2,(H,46,50)(H,47,57)(H,48,58)(H2,59,60,61)(H2,62,63,64). The summed E-state index contributed by atoms with van der Waals surface area (Å²) in [5, 5.41) is 68.2. The van der Waals surface area contributed by atoms with Crippen molar-refractivity contribution in [3.05, 3.63) is 0 Å². The monoisotopic (exact) mass is 1240 g/mol. The van der Waals surface area contributed by atoms with Gasteiger partial charge in [0, 0.05) is 32.5 Å². The minimum Gasteiger partial charge on any atom is -0.387 e. The van der Waals surface area contributed by atoms with Crippen LogP contribution in [-0.2, 0) is 104 Å². The predicted octanol–water partition coefficient (Wildman–Crippen LogP) is -7.54. The Morgan fingerprint density at radius 3 is 1.02 bits per heavy atom. The van der Waals surface area contributed by atoms with E-state index in [0.29, 0.717) is 26.4 Å². The molecule has 2 saturated heterocycles. The largest absolute Gasteiger partial charge is 0.469 e. The number of carbonyl (C=O) groups is 4. The normalized spacial score (nSPS) is 23.6. The molecular formula is C44H82BN3O32P2. The van der Waals surface area contributed by atoms with Crippen LogP contribution in [0.3, 0.4) is 0 Å². The van der Waals surface area contributed by atoms with E-state index in [-0.39, 0.29) is 145 Å². The molecule has 0 aromatic rings. The minimum absolute atomic E-state index is 0.00510. The molecule has 10 atom stereocenters. The van der Waals surface area contributed by atoms with E-state index in [9.17, 15) is 58.9 Å². The second-order valence-electron chi connectivity index (χ2n) is 17.4. The molecule has 0 spiro atoms. The maximum atomic E-state index is 13.2. The van der Waals surface area contributed by atoms with Gasteiger partial charge in [-0.3, -0.25) is 23.4 Å². The van der Waals surface area contributed by atoms with Crippen molar-refractivity contribution >= 4 is 46.9 Å². The zero-order valence-corrected chi connectivity index (χ0v) is 47.1. The minimum atomic E-state index is -4.90. The van der Waals surface area contributed by atoms with Crippen LogP contribution >= 0.6 is 15.6 Å². The predicted molar refractivity (Wildman–Crippen MR) is 272 cm³/mol. The highest BCUT2D eigenvalue weighted by molar-refractivity contribution is 7.46. The first-order valence-corrected chi connectivity index (χ1v) is 29.1. The van der Waals surface area contributed by atoms with Crippen molar-refractivity contribution in [3.63, 3.8) is 0 Å². The van der Waals surface area contributed by atoms with Crippen molar-refractivity contribution in [3.8, 4) is 0 Å². The third-order valence-electron chi connectivity index (χ3n) is 10.9. The van der Waals surface area contributed by atoms with Gasteiger partial charge in [0.1, 0.15) is 54.7 Å². The zero-order chi connectivity index (χ0) is 60.6. The van der Waals surface area contributed by atoms with E-state index in [2.05, 4.69) is 25.0 Å². The average Bonchev–Trinajstić information content (AvgIpc) is 3.51. The molecule has 0 saturated carbocycles. The lowest BCUT2D eigenvalue weighted by atomic mass is 9.99. The van der Waals surface area contributed by atoms with Gasteiger partial charge in [-0.05, 0) is 0 Å². The van der Waals surface area contributed by atoms with Crippen molar-refractivity contribution < 1.29 is 154 Å². The second-order valence-corrected chi connectivity index (χ2v) is 19.9. The molecule has 13 N–H and O–H groups in total. The van der Waals surface area contributed by atoms with E-state index in [1.807, 2.05) is 0 Å². The highest BCUT2D eigenvalue weighted by Crippen LogP contribution is 2.38. The third-order valence-corrected chi connectivity index (χ3v) is 11.9. The van der Waals surface area contributed by atoms with Gasteiger partial charge in [0.05, 0.1) is 164 Å². The number of carbonyl (C=O) groups excluding carboxylic acids is 4. The van der Waals surface area contributed by atoms with Crippen LogP contribution in [0.15, 0.2) is 0 Å². The topological polar surface area (TPSA) is 488 Å². The number of phosphoric ester groups is 2. The average molecular weight is 1240 g/mol. The molecule has 10 unspecified atom stereocenters. The fraction of sp³-hybridized carbons (Fsp3) is 0.909. The van der Waals surface area contributed by atoms with Crippen molar-refractivity contribution in [2.75, 3.05) is 178 Å². The van der Waals surface area contributed by atoms with Gasteiger partial charge in [0.2, 0.25) is 17.7 Å². The lowest BCUT2D eigenvalue weighted by Gasteiger charge is -2.40. The summed E-state index contributed by atoms with van der Waals surface area (Å²) in [7, 11) is -4.76. The van der Waals surface area contributed by atoms with Crippen molar-refractivity contribution in [2.24, 2.45) is 5.92 Å². The molecule has 2 radical (unpaired) electrons. The van der Waals surface area contributed by atoms with Gasteiger partial charge >= 0.3 is 15.6 Å². The number of ether oxygens (including phenoxy) is 14.